The topological polar surface area (TPSA) is 35.0 Å². The lowest BCUT2D eigenvalue weighted by Gasteiger charge is -2.17. The average molecular weight is 257 g/mol. The van der Waals surface area contributed by atoms with Gasteiger partial charge in [-0.2, -0.15) is 0 Å². The Morgan fingerprint density at radius 1 is 1.24 bits per heavy atom. The van der Waals surface area contributed by atoms with Crippen molar-refractivity contribution in [2.75, 3.05) is 6.61 Å². The van der Waals surface area contributed by atoms with E-state index >= 15 is 0 Å². The normalized spacial score (nSPS) is 13.1. The first-order valence-electron chi connectivity index (χ1n) is 6.16. The highest BCUT2D eigenvalue weighted by Crippen LogP contribution is 2.27. The lowest BCUT2D eigenvalue weighted by molar-refractivity contribution is 0.0533. The van der Waals surface area contributed by atoms with Gasteiger partial charge in [0, 0.05) is 17.9 Å². The molecule has 0 bridgehead atoms. The molecule has 0 radical (unpaired) electrons. The molecule has 0 saturated carbocycles. The second kappa shape index (κ2) is 6.31. The Bertz CT molecular complexity index is 357. The van der Waals surface area contributed by atoms with Crippen LogP contribution in [0, 0.1) is 6.92 Å². The van der Waals surface area contributed by atoms with E-state index in [9.17, 15) is 0 Å². The fourth-order valence-electron chi connectivity index (χ4n) is 1.94. The summed E-state index contributed by atoms with van der Waals surface area (Å²) in [6, 6.07) is 0. The summed E-state index contributed by atoms with van der Waals surface area (Å²) < 4.78 is 5.60. The SMILES string of the molecule is CCOC(CC)c1nc(C)c(C(C)C)c(Cl)n1. The first-order chi connectivity index (χ1) is 8.01. The van der Waals surface area contributed by atoms with Crippen molar-refractivity contribution in [3.8, 4) is 0 Å². The maximum absolute atomic E-state index is 6.22. The first-order valence-corrected chi connectivity index (χ1v) is 6.54. The maximum Gasteiger partial charge on any atom is 0.159 e. The zero-order valence-corrected chi connectivity index (χ0v) is 12.0. The van der Waals surface area contributed by atoms with Gasteiger partial charge in [-0.1, -0.05) is 32.4 Å². The minimum absolute atomic E-state index is 0.0580. The Morgan fingerprint density at radius 3 is 2.29 bits per heavy atom. The summed E-state index contributed by atoms with van der Waals surface area (Å²) in [5.41, 5.74) is 1.98. The molecule has 1 aromatic rings. The van der Waals surface area contributed by atoms with Crippen LogP contribution >= 0.6 is 11.6 Å². The van der Waals surface area contributed by atoms with Gasteiger partial charge in [-0.3, -0.25) is 0 Å². The van der Waals surface area contributed by atoms with Gasteiger partial charge in [0.1, 0.15) is 11.3 Å². The smallest absolute Gasteiger partial charge is 0.159 e. The number of aromatic nitrogens is 2. The standard InChI is InChI=1S/C13H21ClN2O/c1-6-10(17-7-2)13-15-9(5)11(8(3)4)12(14)16-13/h8,10H,6-7H2,1-5H3. The largest absolute Gasteiger partial charge is 0.371 e. The zero-order valence-electron chi connectivity index (χ0n) is 11.2. The minimum atomic E-state index is -0.0580. The molecule has 0 aromatic carbocycles. The molecule has 17 heavy (non-hydrogen) atoms. The molecular weight excluding hydrogens is 236 g/mol. The number of nitrogens with zero attached hydrogens (tertiary/aromatic N) is 2. The van der Waals surface area contributed by atoms with Gasteiger partial charge in [-0.05, 0) is 26.2 Å². The molecule has 1 aromatic heterocycles. The molecule has 0 aliphatic carbocycles. The third-order valence-electron chi connectivity index (χ3n) is 2.71. The van der Waals surface area contributed by atoms with E-state index in [0.717, 1.165) is 17.7 Å². The highest BCUT2D eigenvalue weighted by atomic mass is 35.5. The molecule has 1 atom stereocenters. The molecule has 1 heterocycles. The van der Waals surface area contributed by atoms with E-state index in [2.05, 4.69) is 30.7 Å². The van der Waals surface area contributed by atoms with Crippen molar-refractivity contribution in [3.05, 3.63) is 22.2 Å². The van der Waals surface area contributed by atoms with Crippen LogP contribution in [0.25, 0.3) is 0 Å². The molecule has 0 amide bonds. The van der Waals surface area contributed by atoms with Crippen LogP contribution in [0.5, 0.6) is 0 Å². The lowest BCUT2D eigenvalue weighted by atomic mass is 10.0. The predicted octanol–water partition coefficient (Wildman–Crippen LogP) is 4.05. The van der Waals surface area contributed by atoms with Crippen molar-refractivity contribution in [2.24, 2.45) is 0 Å². The first kappa shape index (κ1) is 14.4. The number of halogens is 1. The van der Waals surface area contributed by atoms with Crippen LogP contribution in [0.15, 0.2) is 0 Å². The Hall–Kier alpha value is -0.670. The molecular formula is C13H21ClN2O. The third kappa shape index (κ3) is 3.39. The molecule has 0 N–H and O–H groups in total. The Kier molecular flexibility index (Phi) is 5.34. The number of hydrogen-bond acceptors (Lipinski definition) is 3. The van der Waals surface area contributed by atoms with E-state index in [1.807, 2.05) is 13.8 Å². The Morgan fingerprint density at radius 2 is 1.88 bits per heavy atom. The van der Waals surface area contributed by atoms with E-state index < -0.39 is 0 Å². The quantitative estimate of drug-likeness (QED) is 0.746. The van der Waals surface area contributed by atoms with E-state index in [-0.39, 0.29) is 6.10 Å². The Labute approximate surface area is 109 Å². The lowest BCUT2D eigenvalue weighted by Crippen LogP contribution is -2.11. The van der Waals surface area contributed by atoms with Crippen LogP contribution in [-0.2, 0) is 4.74 Å². The van der Waals surface area contributed by atoms with Gasteiger partial charge < -0.3 is 4.74 Å². The monoisotopic (exact) mass is 256 g/mol. The molecule has 1 rings (SSSR count). The molecule has 0 aliphatic rings. The van der Waals surface area contributed by atoms with Gasteiger partial charge in [0.05, 0.1) is 0 Å². The number of ether oxygens (including phenoxy) is 1. The van der Waals surface area contributed by atoms with Crippen LogP contribution in [0.4, 0.5) is 0 Å². The van der Waals surface area contributed by atoms with Gasteiger partial charge in [-0.15, -0.1) is 0 Å². The van der Waals surface area contributed by atoms with Crippen molar-refractivity contribution in [1.82, 2.24) is 9.97 Å². The molecule has 0 fully saturated rings. The fraction of sp³-hybridized carbons (Fsp3) is 0.692. The number of rotatable bonds is 5. The van der Waals surface area contributed by atoms with Gasteiger partial charge in [-0.25, -0.2) is 9.97 Å². The fourth-order valence-corrected chi connectivity index (χ4v) is 2.38. The van der Waals surface area contributed by atoms with Crippen LogP contribution in [0.3, 0.4) is 0 Å². The summed E-state index contributed by atoms with van der Waals surface area (Å²) in [5, 5.41) is 0.556. The van der Waals surface area contributed by atoms with Crippen molar-refractivity contribution < 1.29 is 4.74 Å². The summed E-state index contributed by atoms with van der Waals surface area (Å²) >= 11 is 6.22. The summed E-state index contributed by atoms with van der Waals surface area (Å²) in [7, 11) is 0. The van der Waals surface area contributed by atoms with Crippen molar-refractivity contribution in [1.29, 1.82) is 0 Å². The van der Waals surface area contributed by atoms with E-state index in [4.69, 9.17) is 16.3 Å². The van der Waals surface area contributed by atoms with Crippen LogP contribution in [0.2, 0.25) is 5.15 Å². The zero-order chi connectivity index (χ0) is 13.0. The summed E-state index contributed by atoms with van der Waals surface area (Å²) in [6.07, 6.45) is 0.794. The molecule has 0 saturated heterocycles. The average Bonchev–Trinajstić information content (AvgIpc) is 2.24. The molecule has 0 aliphatic heterocycles. The van der Waals surface area contributed by atoms with E-state index in [1.54, 1.807) is 0 Å². The highest BCUT2D eigenvalue weighted by molar-refractivity contribution is 6.30. The van der Waals surface area contributed by atoms with Crippen LogP contribution in [0.1, 0.15) is 63.2 Å². The van der Waals surface area contributed by atoms with Crippen molar-refractivity contribution >= 4 is 11.6 Å². The summed E-state index contributed by atoms with van der Waals surface area (Å²) in [6.45, 7) is 10.9. The molecule has 4 heteroatoms. The van der Waals surface area contributed by atoms with Crippen LogP contribution in [-0.4, -0.2) is 16.6 Å². The van der Waals surface area contributed by atoms with E-state index in [0.29, 0.717) is 23.5 Å². The Balaban J connectivity index is 3.12. The van der Waals surface area contributed by atoms with Crippen molar-refractivity contribution in [3.63, 3.8) is 0 Å². The van der Waals surface area contributed by atoms with E-state index in [1.165, 1.54) is 0 Å². The molecule has 0 spiro atoms. The van der Waals surface area contributed by atoms with Crippen molar-refractivity contribution in [2.45, 2.75) is 53.1 Å². The summed E-state index contributed by atoms with van der Waals surface area (Å²) in [4.78, 5) is 8.90. The molecule has 96 valence electrons. The number of aryl methyl sites for hydroxylation is 1. The molecule has 3 nitrogen and oxygen atoms in total. The minimum Gasteiger partial charge on any atom is -0.371 e. The second-order valence-electron chi connectivity index (χ2n) is 4.38. The van der Waals surface area contributed by atoms with Gasteiger partial charge in [0.2, 0.25) is 0 Å². The van der Waals surface area contributed by atoms with Gasteiger partial charge in [0.25, 0.3) is 0 Å². The van der Waals surface area contributed by atoms with Gasteiger partial charge >= 0.3 is 0 Å². The second-order valence-corrected chi connectivity index (χ2v) is 4.74. The maximum atomic E-state index is 6.22. The molecule has 1 unspecified atom stereocenters. The summed E-state index contributed by atoms with van der Waals surface area (Å²) in [5.74, 6) is 1.03. The van der Waals surface area contributed by atoms with Crippen LogP contribution < -0.4 is 0 Å². The predicted molar refractivity (Wildman–Crippen MR) is 70.5 cm³/mol. The number of hydrogen-bond donors (Lipinski definition) is 0. The third-order valence-corrected chi connectivity index (χ3v) is 3.00. The van der Waals surface area contributed by atoms with Gasteiger partial charge in [0.15, 0.2) is 5.82 Å². The highest BCUT2D eigenvalue weighted by Gasteiger charge is 2.18.